The monoisotopic (exact) mass is 251 g/mol. The molecule has 2 N–H and O–H groups in total. The van der Waals surface area contributed by atoms with Crippen LogP contribution in [0.4, 0.5) is 0 Å². The largest absolute Gasteiger partial charge is 0.496 e. The second-order valence-corrected chi connectivity index (χ2v) is 4.96. The van der Waals surface area contributed by atoms with Crippen LogP contribution < -0.4 is 10.5 Å². The summed E-state index contributed by atoms with van der Waals surface area (Å²) < 4.78 is 5.34. The molecule has 3 heteroatoms. The van der Waals surface area contributed by atoms with Gasteiger partial charge >= 0.3 is 0 Å². The van der Waals surface area contributed by atoms with E-state index in [1.54, 1.807) is 7.11 Å². The quantitative estimate of drug-likeness (QED) is 0.871. The molecule has 0 saturated heterocycles. The van der Waals surface area contributed by atoms with E-state index in [1.165, 1.54) is 5.57 Å². The van der Waals surface area contributed by atoms with Gasteiger partial charge in [0, 0.05) is 16.6 Å². The second-order valence-electron chi connectivity index (χ2n) is 4.53. The number of methoxy groups -OCH3 is 1. The molecule has 0 amide bonds. The van der Waals surface area contributed by atoms with E-state index in [0.717, 1.165) is 42.0 Å². The predicted octanol–water partition coefficient (Wildman–Crippen LogP) is 3.63. The first-order chi connectivity index (χ1) is 8.19. The van der Waals surface area contributed by atoms with Crippen LogP contribution in [0.2, 0.25) is 5.02 Å². The number of halogens is 1. The van der Waals surface area contributed by atoms with Gasteiger partial charge in [-0.3, -0.25) is 0 Å². The van der Waals surface area contributed by atoms with Crippen molar-refractivity contribution in [2.45, 2.75) is 31.7 Å². The zero-order valence-corrected chi connectivity index (χ0v) is 10.8. The van der Waals surface area contributed by atoms with E-state index in [9.17, 15) is 0 Å². The van der Waals surface area contributed by atoms with Gasteiger partial charge < -0.3 is 10.5 Å². The Labute approximate surface area is 107 Å². The molecule has 1 aliphatic carbocycles. The lowest BCUT2D eigenvalue weighted by atomic mass is 9.90. The minimum absolute atomic E-state index is 0.369. The summed E-state index contributed by atoms with van der Waals surface area (Å²) in [6.07, 6.45) is 6.51. The highest BCUT2D eigenvalue weighted by atomic mass is 35.5. The van der Waals surface area contributed by atoms with Crippen molar-refractivity contribution in [3.8, 4) is 5.75 Å². The molecule has 92 valence electrons. The average Bonchev–Trinajstić information content (AvgIpc) is 2.32. The van der Waals surface area contributed by atoms with Crippen LogP contribution in [0.25, 0.3) is 6.08 Å². The molecule has 2 rings (SSSR count). The van der Waals surface area contributed by atoms with Gasteiger partial charge in [0.25, 0.3) is 0 Å². The van der Waals surface area contributed by atoms with Crippen molar-refractivity contribution in [2.75, 3.05) is 7.11 Å². The molecular weight excluding hydrogens is 234 g/mol. The number of hydrogen-bond donors (Lipinski definition) is 1. The minimum atomic E-state index is 0.369. The van der Waals surface area contributed by atoms with Crippen LogP contribution in [0.15, 0.2) is 23.8 Å². The van der Waals surface area contributed by atoms with Crippen LogP contribution in [0, 0.1) is 0 Å². The molecule has 17 heavy (non-hydrogen) atoms. The van der Waals surface area contributed by atoms with Crippen molar-refractivity contribution in [2.24, 2.45) is 5.73 Å². The van der Waals surface area contributed by atoms with E-state index in [4.69, 9.17) is 22.1 Å². The van der Waals surface area contributed by atoms with Crippen LogP contribution in [0.5, 0.6) is 5.75 Å². The topological polar surface area (TPSA) is 35.2 Å². The fourth-order valence-electron chi connectivity index (χ4n) is 2.19. The van der Waals surface area contributed by atoms with Crippen LogP contribution in [0.1, 0.15) is 31.2 Å². The van der Waals surface area contributed by atoms with Gasteiger partial charge in [-0.2, -0.15) is 0 Å². The molecule has 1 aromatic rings. The third-order valence-electron chi connectivity index (χ3n) is 3.22. The Hall–Kier alpha value is -0.990. The summed E-state index contributed by atoms with van der Waals surface area (Å²) in [5, 5.41) is 0.741. The van der Waals surface area contributed by atoms with Gasteiger partial charge in [0.2, 0.25) is 0 Å². The Morgan fingerprint density at radius 2 is 2.06 bits per heavy atom. The molecule has 2 nitrogen and oxygen atoms in total. The minimum Gasteiger partial charge on any atom is -0.496 e. The van der Waals surface area contributed by atoms with Gasteiger partial charge in [-0.15, -0.1) is 0 Å². The Morgan fingerprint density at radius 3 is 2.71 bits per heavy atom. The smallest absolute Gasteiger partial charge is 0.126 e. The first-order valence-corrected chi connectivity index (χ1v) is 6.35. The molecule has 0 spiro atoms. The zero-order valence-electron chi connectivity index (χ0n) is 10.1. The molecule has 1 aliphatic rings. The summed E-state index contributed by atoms with van der Waals surface area (Å²) in [5.41, 5.74) is 8.40. The second kappa shape index (κ2) is 5.56. The molecule has 0 aromatic heterocycles. The van der Waals surface area contributed by atoms with Crippen molar-refractivity contribution in [1.82, 2.24) is 0 Å². The lowest BCUT2D eigenvalue weighted by Gasteiger charge is -2.20. The maximum absolute atomic E-state index is 6.01. The first-order valence-electron chi connectivity index (χ1n) is 5.97. The maximum atomic E-state index is 6.01. The molecule has 0 radical (unpaired) electrons. The number of nitrogens with two attached hydrogens (primary N) is 1. The number of hydrogen-bond acceptors (Lipinski definition) is 2. The number of ether oxygens (including phenoxy) is 1. The summed E-state index contributed by atoms with van der Waals surface area (Å²) in [6, 6.07) is 6.07. The highest BCUT2D eigenvalue weighted by Gasteiger charge is 2.13. The average molecular weight is 252 g/mol. The molecule has 1 aromatic carbocycles. The first kappa shape index (κ1) is 12.5. The summed E-state index contributed by atoms with van der Waals surface area (Å²) in [4.78, 5) is 0. The van der Waals surface area contributed by atoms with E-state index >= 15 is 0 Å². The van der Waals surface area contributed by atoms with E-state index in [-0.39, 0.29) is 0 Å². The normalized spacial score (nSPS) is 20.2. The number of allylic oxidation sites excluding steroid dienone is 1. The molecule has 0 unspecified atom stereocenters. The standard InChI is InChI=1S/C14H18ClNO/c1-17-14-7-4-12(15)9-11(14)8-10-2-5-13(16)6-3-10/h4,7-9,13H,2-3,5-6,16H2,1H3. The van der Waals surface area contributed by atoms with Gasteiger partial charge in [-0.25, -0.2) is 0 Å². The SMILES string of the molecule is COc1ccc(Cl)cc1C=C1CCC(N)CC1. The van der Waals surface area contributed by atoms with Crippen molar-refractivity contribution in [3.63, 3.8) is 0 Å². The van der Waals surface area contributed by atoms with Gasteiger partial charge in [0.15, 0.2) is 0 Å². The van der Waals surface area contributed by atoms with E-state index in [0.29, 0.717) is 6.04 Å². The molecule has 0 heterocycles. The van der Waals surface area contributed by atoms with Crippen molar-refractivity contribution >= 4 is 17.7 Å². The Bertz CT molecular complexity index is 418. The Morgan fingerprint density at radius 1 is 1.35 bits per heavy atom. The summed E-state index contributed by atoms with van der Waals surface area (Å²) in [7, 11) is 1.68. The van der Waals surface area contributed by atoms with Crippen LogP contribution in [-0.2, 0) is 0 Å². The van der Waals surface area contributed by atoms with Crippen LogP contribution in [-0.4, -0.2) is 13.2 Å². The zero-order chi connectivity index (χ0) is 12.3. The molecule has 0 bridgehead atoms. The highest BCUT2D eigenvalue weighted by Crippen LogP contribution is 2.29. The summed E-state index contributed by atoms with van der Waals surface area (Å²) in [5.74, 6) is 0.872. The van der Waals surface area contributed by atoms with Crippen molar-refractivity contribution in [1.29, 1.82) is 0 Å². The predicted molar refractivity (Wildman–Crippen MR) is 72.4 cm³/mol. The lowest BCUT2D eigenvalue weighted by Crippen LogP contribution is -2.23. The highest BCUT2D eigenvalue weighted by molar-refractivity contribution is 6.30. The maximum Gasteiger partial charge on any atom is 0.126 e. The summed E-state index contributed by atoms with van der Waals surface area (Å²) in [6.45, 7) is 0. The van der Waals surface area contributed by atoms with Crippen LogP contribution in [0.3, 0.4) is 0 Å². The van der Waals surface area contributed by atoms with Gasteiger partial charge in [-0.05, 0) is 43.9 Å². The third-order valence-corrected chi connectivity index (χ3v) is 3.46. The number of benzene rings is 1. The van der Waals surface area contributed by atoms with Crippen LogP contribution >= 0.6 is 11.6 Å². The van der Waals surface area contributed by atoms with Crippen molar-refractivity contribution < 1.29 is 4.74 Å². The van der Waals surface area contributed by atoms with Gasteiger partial charge in [-0.1, -0.05) is 23.3 Å². The van der Waals surface area contributed by atoms with Gasteiger partial charge in [0.1, 0.15) is 5.75 Å². The molecule has 1 saturated carbocycles. The summed E-state index contributed by atoms with van der Waals surface area (Å²) >= 11 is 6.01. The Kier molecular flexibility index (Phi) is 4.08. The van der Waals surface area contributed by atoms with Crippen molar-refractivity contribution in [3.05, 3.63) is 34.4 Å². The van der Waals surface area contributed by atoms with E-state index in [2.05, 4.69) is 6.08 Å². The number of rotatable bonds is 2. The third kappa shape index (κ3) is 3.24. The fraction of sp³-hybridized carbons (Fsp3) is 0.429. The molecular formula is C14H18ClNO. The molecule has 1 fully saturated rings. The van der Waals surface area contributed by atoms with E-state index < -0.39 is 0 Å². The van der Waals surface area contributed by atoms with E-state index in [1.807, 2.05) is 18.2 Å². The van der Waals surface area contributed by atoms with Gasteiger partial charge in [0.05, 0.1) is 7.11 Å². The molecule has 0 atom stereocenters. The Balaban J connectivity index is 2.22. The molecule has 0 aliphatic heterocycles. The fourth-order valence-corrected chi connectivity index (χ4v) is 2.37. The lowest BCUT2D eigenvalue weighted by molar-refractivity contribution is 0.413.